The van der Waals surface area contributed by atoms with Gasteiger partial charge in [0.2, 0.25) is 0 Å². The predicted octanol–water partition coefficient (Wildman–Crippen LogP) is 3.19. The highest BCUT2D eigenvalue weighted by atomic mass is 35.5. The van der Waals surface area contributed by atoms with Gasteiger partial charge in [-0.05, 0) is 25.0 Å². The highest BCUT2D eigenvalue weighted by molar-refractivity contribution is 6.33. The quantitative estimate of drug-likeness (QED) is 0.836. The smallest absolute Gasteiger partial charge is 0.147 e. The van der Waals surface area contributed by atoms with Gasteiger partial charge < -0.3 is 10.4 Å². The second-order valence-electron chi connectivity index (χ2n) is 4.20. The first-order valence-electron chi connectivity index (χ1n) is 5.57. The molecule has 2 N–H and O–H groups in total. The van der Waals surface area contributed by atoms with Gasteiger partial charge in [0.05, 0.1) is 22.9 Å². The highest BCUT2D eigenvalue weighted by Crippen LogP contribution is 2.28. The second-order valence-corrected chi connectivity index (χ2v) is 4.61. The second kappa shape index (κ2) is 5.02. The molecule has 2 nitrogen and oxygen atoms in total. The minimum absolute atomic E-state index is 0.0943. The minimum atomic E-state index is -0.413. The molecule has 1 fully saturated rings. The van der Waals surface area contributed by atoms with Crippen LogP contribution in [-0.2, 0) is 0 Å². The number of halogens is 2. The summed E-state index contributed by atoms with van der Waals surface area (Å²) in [4.78, 5) is 0. The summed E-state index contributed by atoms with van der Waals surface area (Å²) < 4.78 is 13.5. The molecule has 16 heavy (non-hydrogen) atoms. The van der Waals surface area contributed by atoms with Gasteiger partial charge in [-0.15, -0.1) is 0 Å². The average molecular weight is 244 g/mol. The molecule has 0 heterocycles. The first-order chi connectivity index (χ1) is 7.68. The SMILES string of the molecule is O[C@@H]1CCCC[C@H]1Nc1c(F)cccc1Cl. The Balaban J connectivity index is 2.13. The summed E-state index contributed by atoms with van der Waals surface area (Å²) in [6.45, 7) is 0. The van der Waals surface area contributed by atoms with Crippen LogP contribution in [0.25, 0.3) is 0 Å². The Labute approximate surface area is 99.4 Å². The van der Waals surface area contributed by atoms with Crippen molar-refractivity contribution in [3.05, 3.63) is 29.0 Å². The number of hydrogen-bond acceptors (Lipinski definition) is 2. The van der Waals surface area contributed by atoms with Crippen LogP contribution in [0.5, 0.6) is 0 Å². The Morgan fingerprint density at radius 1 is 1.31 bits per heavy atom. The molecule has 0 amide bonds. The average Bonchev–Trinajstić information content (AvgIpc) is 2.26. The zero-order valence-electron chi connectivity index (χ0n) is 8.92. The third-order valence-electron chi connectivity index (χ3n) is 3.02. The molecule has 1 aliphatic carbocycles. The van der Waals surface area contributed by atoms with Gasteiger partial charge in [-0.25, -0.2) is 4.39 Å². The van der Waals surface area contributed by atoms with Crippen molar-refractivity contribution >= 4 is 17.3 Å². The molecule has 0 spiro atoms. The van der Waals surface area contributed by atoms with E-state index in [9.17, 15) is 9.50 Å². The fourth-order valence-electron chi connectivity index (χ4n) is 2.10. The molecule has 88 valence electrons. The Hall–Kier alpha value is -0.800. The number of benzene rings is 1. The number of rotatable bonds is 2. The largest absolute Gasteiger partial charge is 0.391 e. The summed E-state index contributed by atoms with van der Waals surface area (Å²) in [6, 6.07) is 4.48. The number of anilines is 1. The summed E-state index contributed by atoms with van der Waals surface area (Å²) >= 11 is 5.91. The topological polar surface area (TPSA) is 32.3 Å². The Kier molecular flexibility index (Phi) is 3.66. The van der Waals surface area contributed by atoms with E-state index in [1.165, 1.54) is 6.07 Å². The van der Waals surface area contributed by atoms with Crippen LogP contribution in [0.3, 0.4) is 0 Å². The van der Waals surface area contributed by atoms with E-state index in [1.807, 2.05) is 0 Å². The van der Waals surface area contributed by atoms with E-state index in [-0.39, 0.29) is 11.9 Å². The van der Waals surface area contributed by atoms with Crippen LogP contribution in [0.15, 0.2) is 18.2 Å². The first-order valence-corrected chi connectivity index (χ1v) is 5.95. The zero-order chi connectivity index (χ0) is 11.5. The van der Waals surface area contributed by atoms with Crippen molar-refractivity contribution in [2.24, 2.45) is 0 Å². The number of hydrogen-bond donors (Lipinski definition) is 2. The summed E-state index contributed by atoms with van der Waals surface area (Å²) in [6.07, 6.45) is 3.30. The summed E-state index contributed by atoms with van der Waals surface area (Å²) in [5.74, 6) is -0.370. The zero-order valence-corrected chi connectivity index (χ0v) is 9.67. The Morgan fingerprint density at radius 3 is 2.75 bits per heavy atom. The van der Waals surface area contributed by atoms with E-state index in [2.05, 4.69) is 5.32 Å². The molecule has 2 atom stereocenters. The molecule has 0 saturated heterocycles. The van der Waals surface area contributed by atoms with Gasteiger partial charge in [-0.2, -0.15) is 0 Å². The van der Waals surface area contributed by atoms with Crippen molar-refractivity contribution in [1.82, 2.24) is 0 Å². The van der Waals surface area contributed by atoms with E-state index >= 15 is 0 Å². The van der Waals surface area contributed by atoms with Crippen LogP contribution in [0, 0.1) is 5.82 Å². The molecule has 0 aliphatic heterocycles. The number of para-hydroxylation sites is 1. The lowest BCUT2D eigenvalue weighted by Crippen LogP contribution is -2.36. The molecule has 1 aliphatic rings. The van der Waals surface area contributed by atoms with E-state index in [0.717, 1.165) is 25.7 Å². The van der Waals surface area contributed by atoms with E-state index in [4.69, 9.17) is 11.6 Å². The van der Waals surface area contributed by atoms with E-state index in [0.29, 0.717) is 10.7 Å². The van der Waals surface area contributed by atoms with Crippen molar-refractivity contribution in [2.45, 2.75) is 37.8 Å². The molecule has 1 aromatic carbocycles. The fraction of sp³-hybridized carbons (Fsp3) is 0.500. The minimum Gasteiger partial charge on any atom is -0.391 e. The highest BCUT2D eigenvalue weighted by Gasteiger charge is 2.24. The molecule has 0 radical (unpaired) electrons. The lowest BCUT2D eigenvalue weighted by molar-refractivity contribution is 0.116. The number of aliphatic hydroxyl groups is 1. The third-order valence-corrected chi connectivity index (χ3v) is 3.34. The third kappa shape index (κ3) is 2.47. The number of aliphatic hydroxyl groups excluding tert-OH is 1. The lowest BCUT2D eigenvalue weighted by Gasteiger charge is -2.29. The van der Waals surface area contributed by atoms with Gasteiger partial charge >= 0.3 is 0 Å². The molecule has 1 saturated carbocycles. The molecule has 0 aromatic heterocycles. The Morgan fingerprint density at radius 2 is 2.06 bits per heavy atom. The van der Waals surface area contributed by atoms with Crippen LogP contribution >= 0.6 is 11.6 Å². The summed E-state index contributed by atoms with van der Waals surface area (Å²) in [5, 5.41) is 13.2. The van der Waals surface area contributed by atoms with Crippen molar-refractivity contribution in [1.29, 1.82) is 0 Å². The van der Waals surface area contributed by atoms with Crippen LogP contribution in [-0.4, -0.2) is 17.3 Å². The number of nitrogens with one attached hydrogen (secondary N) is 1. The molecule has 0 bridgehead atoms. The van der Waals surface area contributed by atoms with Crippen molar-refractivity contribution < 1.29 is 9.50 Å². The van der Waals surface area contributed by atoms with Gasteiger partial charge in [0.25, 0.3) is 0 Å². The van der Waals surface area contributed by atoms with Gasteiger partial charge in [0, 0.05) is 0 Å². The van der Waals surface area contributed by atoms with Crippen molar-refractivity contribution in [3.63, 3.8) is 0 Å². The standard InChI is InChI=1S/C12H15ClFNO/c13-8-4-3-5-9(14)12(8)15-10-6-1-2-7-11(10)16/h3-5,10-11,15-16H,1-2,6-7H2/t10-,11-/m1/s1. The maximum Gasteiger partial charge on any atom is 0.147 e. The van der Waals surface area contributed by atoms with Gasteiger partial charge in [-0.3, -0.25) is 0 Å². The van der Waals surface area contributed by atoms with E-state index < -0.39 is 6.10 Å². The maximum absolute atomic E-state index is 13.5. The molecule has 0 unspecified atom stereocenters. The molecule has 1 aromatic rings. The predicted molar refractivity (Wildman–Crippen MR) is 63.3 cm³/mol. The Bertz CT molecular complexity index is 352. The van der Waals surface area contributed by atoms with Crippen molar-refractivity contribution in [3.8, 4) is 0 Å². The summed E-state index contributed by atoms with van der Waals surface area (Å²) in [5.41, 5.74) is 0.301. The van der Waals surface area contributed by atoms with Crippen molar-refractivity contribution in [2.75, 3.05) is 5.32 Å². The van der Waals surface area contributed by atoms with Gasteiger partial charge in [-0.1, -0.05) is 30.5 Å². The maximum atomic E-state index is 13.5. The molecular formula is C12H15ClFNO. The van der Waals surface area contributed by atoms with Crippen LogP contribution in [0.2, 0.25) is 5.02 Å². The van der Waals surface area contributed by atoms with Gasteiger partial charge in [0.15, 0.2) is 0 Å². The monoisotopic (exact) mass is 243 g/mol. The van der Waals surface area contributed by atoms with Crippen LogP contribution in [0.4, 0.5) is 10.1 Å². The normalized spacial score (nSPS) is 25.4. The molecule has 2 rings (SSSR count). The first kappa shape index (κ1) is 11.7. The van der Waals surface area contributed by atoms with E-state index in [1.54, 1.807) is 12.1 Å². The lowest BCUT2D eigenvalue weighted by atomic mass is 9.92. The summed E-state index contributed by atoms with van der Waals surface area (Å²) in [7, 11) is 0. The van der Waals surface area contributed by atoms with Crippen LogP contribution < -0.4 is 5.32 Å². The molecular weight excluding hydrogens is 229 g/mol. The van der Waals surface area contributed by atoms with Gasteiger partial charge in [0.1, 0.15) is 5.82 Å². The fourth-order valence-corrected chi connectivity index (χ4v) is 2.32. The van der Waals surface area contributed by atoms with Crippen LogP contribution in [0.1, 0.15) is 25.7 Å². The molecule has 4 heteroatoms.